The smallest absolute Gasteiger partial charge is 0.253 e. The van der Waals surface area contributed by atoms with Crippen LogP contribution in [-0.2, 0) is 0 Å². The van der Waals surface area contributed by atoms with E-state index in [4.69, 9.17) is 0 Å². The van der Waals surface area contributed by atoms with Gasteiger partial charge in [-0.1, -0.05) is 0 Å². The van der Waals surface area contributed by atoms with Crippen LogP contribution in [0.3, 0.4) is 0 Å². The summed E-state index contributed by atoms with van der Waals surface area (Å²) in [6, 6.07) is 3.90. The van der Waals surface area contributed by atoms with Gasteiger partial charge in [0, 0.05) is 25.2 Å². The maximum Gasteiger partial charge on any atom is 0.253 e. The number of hydrogen-bond donors (Lipinski definition) is 2. The third kappa shape index (κ3) is 4.25. The average Bonchev–Trinajstić information content (AvgIpc) is 2.26. The molecule has 0 saturated carbocycles. The van der Waals surface area contributed by atoms with E-state index < -0.39 is 0 Å². The van der Waals surface area contributed by atoms with Crippen LogP contribution in [0.4, 0.5) is 0 Å². The minimum Gasteiger partial charge on any atom is -0.508 e. The molecule has 1 aromatic rings. The first-order valence-corrected chi connectivity index (χ1v) is 5.83. The highest BCUT2D eigenvalue weighted by atomic mass is 16.3. The van der Waals surface area contributed by atoms with Crippen molar-refractivity contribution in [3.8, 4) is 11.5 Å². The van der Waals surface area contributed by atoms with Crippen molar-refractivity contribution in [2.75, 3.05) is 34.2 Å². The summed E-state index contributed by atoms with van der Waals surface area (Å²) in [4.78, 5) is 15.7. The highest BCUT2D eigenvalue weighted by molar-refractivity contribution is 5.94. The van der Waals surface area contributed by atoms with Crippen molar-refractivity contribution in [2.24, 2.45) is 0 Å². The van der Waals surface area contributed by atoms with E-state index in [0.717, 1.165) is 13.0 Å². The maximum absolute atomic E-state index is 12.0. The molecule has 0 bridgehead atoms. The molecule has 1 rings (SSSR count). The number of nitrogens with zero attached hydrogens (tertiary/aromatic N) is 2. The second kappa shape index (κ2) is 6.26. The Kier molecular flexibility index (Phi) is 4.97. The fourth-order valence-electron chi connectivity index (χ4n) is 1.66. The lowest BCUT2D eigenvalue weighted by atomic mass is 10.1. The Hall–Kier alpha value is -1.75. The first kappa shape index (κ1) is 14.3. The van der Waals surface area contributed by atoms with Crippen molar-refractivity contribution in [3.05, 3.63) is 23.8 Å². The number of carbonyl (C=O) groups excluding carboxylic acids is 1. The van der Waals surface area contributed by atoms with Crippen LogP contribution in [0.2, 0.25) is 0 Å². The van der Waals surface area contributed by atoms with E-state index in [1.807, 2.05) is 14.1 Å². The van der Waals surface area contributed by atoms with Crippen molar-refractivity contribution in [3.63, 3.8) is 0 Å². The molecule has 0 aliphatic rings. The van der Waals surface area contributed by atoms with Gasteiger partial charge in [0.25, 0.3) is 5.91 Å². The molecule has 0 aliphatic carbocycles. The van der Waals surface area contributed by atoms with Crippen molar-refractivity contribution in [1.29, 1.82) is 0 Å². The molecule has 0 atom stereocenters. The second-order valence-electron chi connectivity index (χ2n) is 4.62. The number of hydrogen-bond acceptors (Lipinski definition) is 4. The Morgan fingerprint density at radius 2 is 1.61 bits per heavy atom. The van der Waals surface area contributed by atoms with Gasteiger partial charge in [-0.15, -0.1) is 0 Å². The predicted octanol–water partition coefficient (Wildman–Crippen LogP) is 1.12. The molecular weight excluding hydrogens is 232 g/mol. The first-order valence-electron chi connectivity index (χ1n) is 5.83. The van der Waals surface area contributed by atoms with Crippen LogP contribution in [0.15, 0.2) is 18.2 Å². The zero-order valence-corrected chi connectivity index (χ0v) is 11.1. The highest BCUT2D eigenvalue weighted by Gasteiger charge is 2.13. The average molecular weight is 252 g/mol. The zero-order chi connectivity index (χ0) is 13.7. The van der Waals surface area contributed by atoms with Crippen molar-refractivity contribution in [1.82, 2.24) is 9.80 Å². The van der Waals surface area contributed by atoms with Crippen LogP contribution in [0.25, 0.3) is 0 Å². The Morgan fingerprint density at radius 3 is 2.11 bits per heavy atom. The Labute approximate surface area is 107 Å². The van der Waals surface area contributed by atoms with Gasteiger partial charge in [-0.2, -0.15) is 0 Å². The van der Waals surface area contributed by atoms with E-state index in [1.165, 1.54) is 18.2 Å². The molecule has 0 radical (unpaired) electrons. The summed E-state index contributed by atoms with van der Waals surface area (Å²) >= 11 is 0. The third-order valence-electron chi connectivity index (χ3n) is 2.60. The first-order chi connectivity index (χ1) is 8.40. The molecule has 0 unspecified atom stereocenters. The van der Waals surface area contributed by atoms with E-state index in [-0.39, 0.29) is 17.4 Å². The van der Waals surface area contributed by atoms with E-state index in [1.54, 1.807) is 11.9 Å². The van der Waals surface area contributed by atoms with Crippen LogP contribution in [0.5, 0.6) is 11.5 Å². The molecule has 0 fully saturated rings. The molecule has 0 spiro atoms. The molecule has 0 heterocycles. The summed E-state index contributed by atoms with van der Waals surface area (Å²) in [5.74, 6) is -0.431. The summed E-state index contributed by atoms with van der Waals surface area (Å²) in [5.41, 5.74) is 0.292. The molecule has 1 aromatic carbocycles. The standard InChI is InChI=1S/C13H20N2O3/c1-14(2)5-4-6-15(3)13(18)10-7-11(16)9-12(17)8-10/h7-9,16-17H,4-6H2,1-3H3. The summed E-state index contributed by atoms with van der Waals surface area (Å²) in [5, 5.41) is 18.7. The highest BCUT2D eigenvalue weighted by Crippen LogP contribution is 2.21. The van der Waals surface area contributed by atoms with Gasteiger partial charge >= 0.3 is 0 Å². The summed E-state index contributed by atoms with van der Waals surface area (Å²) in [7, 11) is 5.67. The molecule has 1 amide bonds. The minimum absolute atomic E-state index is 0.111. The monoisotopic (exact) mass is 252 g/mol. The summed E-state index contributed by atoms with van der Waals surface area (Å²) in [6.07, 6.45) is 0.875. The van der Waals surface area contributed by atoms with Crippen LogP contribution in [0.1, 0.15) is 16.8 Å². The SMILES string of the molecule is CN(C)CCCN(C)C(=O)c1cc(O)cc(O)c1. The van der Waals surface area contributed by atoms with Crippen molar-refractivity contribution in [2.45, 2.75) is 6.42 Å². The van der Waals surface area contributed by atoms with Crippen LogP contribution in [-0.4, -0.2) is 60.2 Å². The zero-order valence-electron chi connectivity index (χ0n) is 11.1. The van der Waals surface area contributed by atoms with Gasteiger partial charge in [0.15, 0.2) is 0 Å². The Bertz CT molecular complexity index is 398. The number of phenolic OH excluding ortho intramolecular Hbond substituents is 2. The molecule has 0 aliphatic heterocycles. The minimum atomic E-state index is -0.208. The third-order valence-corrected chi connectivity index (χ3v) is 2.60. The molecule has 2 N–H and O–H groups in total. The van der Waals surface area contributed by atoms with Crippen LogP contribution in [0, 0.1) is 0 Å². The van der Waals surface area contributed by atoms with Gasteiger partial charge in [0.2, 0.25) is 0 Å². The van der Waals surface area contributed by atoms with Crippen molar-refractivity contribution >= 4 is 5.91 Å². The number of phenols is 2. The van der Waals surface area contributed by atoms with Gasteiger partial charge in [-0.25, -0.2) is 0 Å². The second-order valence-corrected chi connectivity index (χ2v) is 4.62. The summed E-state index contributed by atoms with van der Waals surface area (Å²) in [6.45, 7) is 1.54. The molecule has 100 valence electrons. The number of aromatic hydroxyl groups is 2. The van der Waals surface area contributed by atoms with Gasteiger partial charge in [0.1, 0.15) is 11.5 Å². The molecule has 5 heteroatoms. The molecule has 5 nitrogen and oxygen atoms in total. The molecular formula is C13H20N2O3. The number of carbonyl (C=O) groups is 1. The molecule has 18 heavy (non-hydrogen) atoms. The van der Waals surface area contributed by atoms with Gasteiger partial charge in [0.05, 0.1) is 0 Å². The van der Waals surface area contributed by atoms with Crippen LogP contribution < -0.4 is 0 Å². The normalized spacial score (nSPS) is 10.7. The van der Waals surface area contributed by atoms with E-state index >= 15 is 0 Å². The van der Waals surface area contributed by atoms with E-state index in [9.17, 15) is 15.0 Å². The topological polar surface area (TPSA) is 64.0 Å². The fraction of sp³-hybridized carbons (Fsp3) is 0.462. The van der Waals surface area contributed by atoms with Crippen molar-refractivity contribution < 1.29 is 15.0 Å². The Morgan fingerprint density at radius 1 is 1.06 bits per heavy atom. The van der Waals surface area contributed by atoms with Crippen LogP contribution >= 0.6 is 0 Å². The molecule has 0 saturated heterocycles. The lowest BCUT2D eigenvalue weighted by Gasteiger charge is -2.18. The number of amides is 1. The molecule has 0 aromatic heterocycles. The largest absolute Gasteiger partial charge is 0.508 e. The van der Waals surface area contributed by atoms with Gasteiger partial charge in [-0.3, -0.25) is 4.79 Å². The van der Waals surface area contributed by atoms with Gasteiger partial charge < -0.3 is 20.0 Å². The quantitative estimate of drug-likeness (QED) is 0.824. The lowest BCUT2D eigenvalue weighted by Crippen LogP contribution is -2.29. The Balaban J connectivity index is 2.62. The fourth-order valence-corrected chi connectivity index (χ4v) is 1.66. The maximum atomic E-state index is 12.0. The predicted molar refractivity (Wildman–Crippen MR) is 69.9 cm³/mol. The number of benzene rings is 1. The number of rotatable bonds is 5. The lowest BCUT2D eigenvalue weighted by molar-refractivity contribution is 0.0790. The van der Waals surface area contributed by atoms with E-state index in [0.29, 0.717) is 12.1 Å². The summed E-state index contributed by atoms with van der Waals surface area (Å²) < 4.78 is 0. The van der Waals surface area contributed by atoms with E-state index in [2.05, 4.69) is 4.90 Å². The van der Waals surface area contributed by atoms with Gasteiger partial charge in [-0.05, 0) is 39.2 Å².